The number of rotatable bonds is 6. The van der Waals surface area contributed by atoms with Crippen LogP contribution in [0.15, 0.2) is 33.6 Å². The van der Waals surface area contributed by atoms with Crippen LogP contribution in [-0.2, 0) is 19.6 Å². The molecule has 0 aliphatic rings. The van der Waals surface area contributed by atoms with Gasteiger partial charge in [-0.2, -0.15) is 4.31 Å². The largest absolute Gasteiger partial charge is 0.465 e. The van der Waals surface area contributed by atoms with Gasteiger partial charge in [-0.1, -0.05) is 22.0 Å². The minimum Gasteiger partial charge on any atom is -0.465 e. The average Bonchev–Trinajstić information content (AvgIpc) is 2.35. The molecule has 0 fully saturated rings. The first-order valence-corrected chi connectivity index (χ1v) is 8.45. The standard InChI is InChI=1S/C13H18BrNO4S/c1-4-19-13(16)9-15(10(2)3)20(17,18)12-7-5-6-11(14)8-12/h5-8,10H,4,9H2,1-3H3. The summed E-state index contributed by atoms with van der Waals surface area (Å²) < 4.78 is 31.7. The number of sulfonamides is 1. The molecule has 0 atom stereocenters. The Morgan fingerprint density at radius 3 is 2.55 bits per heavy atom. The Labute approximate surface area is 128 Å². The molecule has 1 rings (SSSR count). The maximum Gasteiger partial charge on any atom is 0.321 e. The normalized spacial score (nSPS) is 11.9. The van der Waals surface area contributed by atoms with Crippen LogP contribution in [-0.4, -0.2) is 37.9 Å². The molecule has 0 unspecified atom stereocenters. The van der Waals surface area contributed by atoms with Gasteiger partial charge < -0.3 is 4.74 Å². The molecular weight excluding hydrogens is 346 g/mol. The van der Waals surface area contributed by atoms with Gasteiger partial charge in [0.05, 0.1) is 11.5 Å². The van der Waals surface area contributed by atoms with Crippen LogP contribution in [0.4, 0.5) is 0 Å². The van der Waals surface area contributed by atoms with Gasteiger partial charge in [0, 0.05) is 10.5 Å². The molecule has 1 aromatic carbocycles. The van der Waals surface area contributed by atoms with E-state index >= 15 is 0 Å². The first-order valence-electron chi connectivity index (χ1n) is 6.22. The van der Waals surface area contributed by atoms with Crippen LogP contribution in [0.2, 0.25) is 0 Å². The van der Waals surface area contributed by atoms with Gasteiger partial charge in [-0.25, -0.2) is 8.42 Å². The minimum absolute atomic E-state index is 0.143. The Morgan fingerprint density at radius 2 is 2.05 bits per heavy atom. The molecule has 112 valence electrons. The summed E-state index contributed by atoms with van der Waals surface area (Å²) in [6.45, 7) is 5.05. The number of carbonyl (C=O) groups is 1. The molecule has 0 saturated carbocycles. The molecule has 0 bridgehead atoms. The van der Waals surface area contributed by atoms with Crippen molar-refractivity contribution >= 4 is 31.9 Å². The first kappa shape index (κ1) is 17.1. The van der Waals surface area contributed by atoms with Gasteiger partial charge in [-0.15, -0.1) is 0 Å². The number of ether oxygens (including phenoxy) is 1. The van der Waals surface area contributed by atoms with E-state index < -0.39 is 16.0 Å². The van der Waals surface area contributed by atoms with Crippen molar-refractivity contribution in [1.82, 2.24) is 4.31 Å². The Morgan fingerprint density at radius 1 is 1.40 bits per heavy atom. The SMILES string of the molecule is CCOC(=O)CN(C(C)C)S(=O)(=O)c1cccc(Br)c1. The molecule has 7 heteroatoms. The lowest BCUT2D eigenvalue weighted by molar-refractivity contribution is -0.143. The summed E-state index contributed by atoms with van der Waals surface area (Å²) in [5, 5.41) is 0. The maximum absolute atomic E-state index is 12.6. The summed E-state index contributed by atoms with van der Waals surface area (Å²) in [4.78, 5) is 11.7. The third-order valence-electron chi connectivity index (χ3n) is 2.57. The van der Waals surface area contributed by atoms with Crippen molar-refractivity contribution in [3.05, 3.63) is 28.7 Å². The highest BCUT2D eigenvalue weighted by Crippen LogP contribution is 2.21. The number of hydrogen-bond donors (Lipinski definition) is 0. The highest BCUT2D eigenvalue weighted by atomic mass is 79.9. The van der Waals surface area contributed by atoms with Gasteiger partial charge in [0.2, 0.25) is 10.0 Å². The van der Waals surface area contributed by atoms with E-state index in [-0.39, 0.29) is 24.1 Å². The molecule has 0 radical (unpaired) electrons. The van der Waals surface area contributed by atoms with Crippen LogP contribution >= 0.6 is 15.9 Å². The predicted molar refractivity (Wildman–Crippen MR) is 79.8 cm³/mol. The van der Waals surface area contributed by atoms with E-state index in [1.54, 1.807) is 32.9 Å². The highest BCUT2D eigenvalue weighted by molar-refractivity contribution is 9.10. The van der Waals surface area contributed by atoms with Crippen molar-refractivity contribution in [2.24, 2.45) is 0 Å². The summed E-state index contributed by atoms with van der Waals surface area (Å²) >= 11 is 3.24. The predicted octanol–water partition coefficient (Wildman–Crippen LogP) is 2.41. The lowest BCUT2D eigenvalue weighted by Crippen LogP contribution is -2.41. The summed E-state index contributed by atoms with van der Waals surface area (Å²) in [5.74, 6) is -0.556. The Hall–Kier alpha value is -0.920. The van der Waals surface area contributed by atoms with Crippen LogP contribution in [0.25, 0.3) is 0 Å². The molecule has 5 nitrogen and oxygen atoms in total. The van der Waals surface area contributed by atoms with E-state index in [0.717, 1.165) is 4.31 Å². The van der Waals surface area contributed by atoms with Crippen molar-refractivity contribution in [3.63, 3.8) is 0 Å². The molecule has 0 amide bonds. The van der Waals surface area contributed by atoms with Crippen molar-refractivity contribution < 1.29 is 17.9 Å². The number of carbonyl (C=O) groups excluding carboxylic acids is 1. The van der Waals surface area contributed by atoms with Gasteiger partial charge in [-0.3, -0.25) is 4.79 Å². The second-order valence-electron chi connectivity index (χ2n) is 4.41. The molecule has 0 aromatic heterocycles. The van der Waals surface area contributed by atoms with Crippen LogP contribution in [0.3, 0.4) is 0 Å². The van der Waals surface area contributed by atoms with Crippen molar-refractivity contribution in [2.75, 3.05) is 13.2 Å². The van der Waals surface area contributed by atoms with Gasteiger partial charge in [-0.05, 0) is 39.0 Å². The monoisotopic (exact) mass is 363 g/mol. The third kappa shape index (κ3) is 4.29. The lowest BCUT2D eigenvalue weighted by atomic mass is 10.4. The second-order valence-corrected chi connectivity index (χ2v) is 7.21. The number of halogens is 1. The van der Waals surface area contributed by atoms with E-state index in [9.17, 15) is 13.2 Å². The molecular formula is C13H18BrNO4S. The van der Waals surface area contributed by atoms with Crippen molar-refractivity contribution in [1.29, 1.82) is 0 Å². The van der Waals surface area contributed by atoms with Crippen LogP contribution in [0.5, 0.6) is 0 Å². The van der Waals surface area contributed by atoms with Gasteiger partial charge >= 0.3 is 5.97 Å². The van der Waals surface area contributed by atoms with Crippen LogP contribution in [0, 0.1) is 0 Å². The fraction of sp³-hybridized carbons (Fsp3) is 0.462. The Bertz CT molecular complexity index is 571. The van der Waals surface area contributed by atoms with E-state index in [1.807, 2.05) is 0 Å². The van der Waals surface area contributed by atoms with E-state index in [2.05, 4.69) is 15.9 Å². The minimum atomic E-state index is -3.73. The molecule has 0 aliphatic heterocycles. The summed E-state index contributed by atoms with van der Waals surface area (Å²) in [7, 11) is -3.73. The van der Waals surface area contributed by atoms with Gasteiger partial charge in [0.25, 0.3) is 0 Å². The number of nitrogens with zero attached hydrogens (tertiary/aromatic N) is 1. The third-order valence-corrected chi connectivity index (χ3v) is 5.08. The molecule has 1 aromatic rings. The molecule has 0 aliphatic carbocycles. The first-order chi connectivity index (χ1) is 9.28. The van der Waals surface area contributed by atoms with E-state index in [4.69, 9.17) is 4.74 Å². The fourth-order valence-corrected chi connectivity index (χ4v) is 3.82. The molecule has 20 heavy (non-hydrogen) atoms. The van der Waals surface area contributed by atoms with Crippen LogP contribution < -0.4 is 0 Å². The fourth-order valence-electron chi connectivity index (χ4n) is 1.64. The number of esters is 1. The zero-order valence-corrected chi connectivity index (χ0v) is 14.1. The topological polar surface area (TPSA) is 63.7 Å². The number of hydrogen-bond acceptors (Lipinski definition) is 4. The van der Waals surface area contributed by atoms with Crippen molar-refractivity contribution in [3.8, 4) is 0 Å². The van der Waals surface area contributed by atoms with Crippen molar-refractivity contribution in [2.45, 2.75) is 31.7 Å². The van der Waals surface area contributed by atoms with E-state index in [0.29, 0.717) is 4.47 Å². The smallest absolute Gasteiger partial charge is 0.321 e. The summed E-state index contributed by atoms with van der Waals surface area (Å²) in [6.07, 6.45) is 0. The quantitative estimate of drug-likeness (QED) is 0.728. The number of benzene rings is 1. The average molecular weight is 364 g/mol. The maximum atomic E-state index is 12.6. The molecule has 0 N–H and O–H groups in total. The molecule has 0 heterocycles. The Balaban J connectivity index is 3.10. The highest BCUT2D eigenvalue weighted by Gasteiger charge is 2.29. The van der Waals surface area contributed by atoms with Gasteiger partial charge in [0.15, 0.2) is 0 Å². The summed E-state index contributed by atoms with van der Waals surface area (Å²) in [5.41, 5.74) is 0. The van der Waals surface area contributed by atoms with Gasteiger partial charge in [0.1, 0.15) is 6.54 Å². The zero-order valence-electron chi connectivity index (χ0n) is 11.7. The lowest BCUT2D eigenvalue weighted by Gasteiger charge is -2.25. The zero-order chi connectivity index (χ0) is 15.3. The van der Waals surface area contributed by atoms with E-state index in [1.165, 1.54) is 12.1 Å². The Kier molecular flexibility index (Phi) is 6.16. The summed E-state index contributed by atoms with van der Waals surface area (Å²) in [6, 6.07) is 6.05. The van der Waals surface area contributed by atoms with Crippen LogP contribution in [0.1, 0.15) is 20.8 Å². The molecule has 0 saturated heterocycles. The molecule has 0 spiro atoms. The second kappa shape index (κ2) is 7.19.